The highest BCUT2D eigenvalue weighted by atomic mass is 79.9. The van der Waals surface area contributed by atoms with E-state index < -0.39 is 6.10 Å². The van der Waals surface area contributed by atoms with Crippen LogP contribution in [0.5, 0.6) is 0 Å². The normalized spacial score (nSPS) is 12.7. The number of anilines is 1. The molecule has 0 heterocycles. The van der Waals surface area contributed by atoms with Crippen molar-refractivity contribution in [3.63, 3.8) is 0 Å². The van der Waals surface area contributed by atoms with Gasteiger partial charge in [0.05, 0.1) is 24.8 Å². The molecule has 4 nitrogen and oxygen atoms in total. The number of para-hydroxylation sites is 1. The number of quaternary nitrogens is 1. The van der Waals surface area contributed by atoms with Gasteiger partial charge in [0.1, 0.15) is 19.2 Å². The molecule has 0 saturated heterocycles. The molecule has 0 bridgehead atoms. The molecule has 6 heteroatoms. The van der Waals surface area contributed by atoms with Gasteiger partial charge >= 0.3 is 0 Å². The van der Waals surface area contributed by atoms with Gasteiger partial charge in [0.2, 0.25) is 5.78 Å². The van der Waals surface area contributed by atoms with Crippen molar-refractivity contribution in [3.8, 4) is 0 Å². The van der Waals surface area contributed by atoms with Crippen molar-refractivity contribution in [2.45, 2.75) is 6.10 Å². The molecule has 1 atom stereocenters. The number of hydrogen-bond donors (Lipinski definition) is 2. The zero-order valence-corrected chi connectivity index (χ0v) is 16.7. The van der Waals surface area contributed by atoms with Crippen molar-refractivity contribution in [2.24, 2.45) is 0 Å². The molecule has 0 saturated carbocycles. The quantitative estimate of drug-likeness (QED) is 0.498. The number of rotatable bonds is 8. The zero-order chi connectivity index (χ0) is 18.4. The topological polar surface area (TPSA) is 49.3 Å². The lowest BCUT2D eigenvalue weighted by atomic mass is 10.1. The van der Waals surface area contributed by atoms with Crippen LogP contribution in [0.15, 0.2) is 53.0 Å². The van der Waals surface area contributed by atoms with Crippen LogP contribution in [0.3, 0.4) is 0 Å². The number of Topliss-reactive ketones (excluding diaryl/α,β-unsaturated/α-hetero) is 1. The standard InChI is InChI=1S/C19H23BrClN2O2/c1-23(2,13-19(25)14-7-9-15(20)10-8-14)12-16(24)11-22-18-6-4-3-5-17(18)21/h3-10,16,22,24H,11-13H2,1-2H3/q+1/t16-/m0/s1. The molecule has 0 amide bonds. The monoisotopic (exact) mass is 425 g/mol. The second-order valence-corrected chi connectivity index (χ2v) is 8.04. The first-order valence-corrected chi connectivity index (χ1v) is 9.21. The number of nitrogens with one attached hydrogen (secondary N) is 1. The summed E-state index contributed by atoms with van der Waals surface area (Å²) in [5.74, 6) is 0.0590. The Morgan fingerprint density at radius 2 is 1.84 bits per heavy atom. The Balaban J connectivity index is 1.87. The maximum absolute atomic E-state index is 12.4. The fourth-order valence-corrected chi connectivity index (χ4v) is 3.11. The van der Waals surface area contributed by atoms with Crippen molar-refractivity contribution in [1.29, 1.82) is 0 Å². The largest absolute Gasteiger partial charge is 0.385 e. The minimum Gasteiger partial charge on any atom is -0.385 e. The van der Waals surface area contributed by atoms with E-state index in [2.05, 4.69) is 21.2 Å². The summed E-state index contributed by atoms with van der Waals surface area (Å²) in [7, 11) is 3.88. The van der Waals surface area contributed by atoms with Gasteiger partial charge in [-0.2, -0.15) is 0 Å². The van der Waals surface area contributed by atoms with Crippen LogP contribution in [0.1, 0.15) is 10.4 Å². The molecule has 2 N–H and O–H groups in total. The molecule has 2 rings (SSSR count). The first-order valence-electron chi connectivity index (χ1n) is 8.04. The maximum atomic E-state index is 12.4. The van der Waals surface area contributed by atoms with E-state index >= 15 is 0 Å². The predicted octanol–water partition coefficient (Wildman–Crippen LogP) is 3.83. The van der Waals surface area contributed by atoms with Crippen LogP contribution < -0.4 is 5.32 Å². The zero-order valence-electron chi connectivity index (χ0n) is 14.4. The molecule has 0 aliphatic heterocycles. The molecule has 134 valence electrons. The number of benzene rings is 2. The molecular formula is C19H23BrClN2O2+. The summed E-state index contributed by atoms with van der Waals surface area (Å²) in [4.78, 5) is 12.4. The minimum absolute atomic E-state index is 0.0590. The number of likely N-dealkylation sites (N-methyl/N-ethyl adjacent to an activating group) is 1. The van der Waals surface area contributed by atoms with Gasteiger partial charge in [0.15, 0.2) is 0 Å². The van der Waals surface area contributed by atoms with Gasteiger partial charge in [-0.05, 0) is 24.3 Å². The molecule has 0 radical (unpaired) electrons. The van der Waals surface area contributed by atoms with Gasteiger partial charge in [0.25, 0.3) is 0 Å². The smallest absolute Gasteiger partial charge is 0.216 e. The molecule has 2 aromatic rings. The average molecular weight is 427 g/mol. The van der Waals surface area contributed by atoms with E-state index in [4.69, 9.17) is 11.6 Å². The molecule has 0 aliphatic rings. The summed E-state index contributed by atoms with van der Waals surface area (Å²) in [6, 6.07) is 14.7. The van der Waals surface area contributed by atoms with E-state index in [-0.39, 0.29) is 5.78 Å². The first-order chi connectivity index (χ1) is 11.8. The van der Waals surface area contributed by atoms with Crippen molar-refractivity contribution < 1.29 is 14.4 Å². The van der Waals surface area contributed by atoms with Gasteiger partial charge in [-0.3, -0.25) is 4.79 Å². The van der Waals surface area contributed by atoms with E-state index in [1.165, 1.54) is 0 Å². The van der Waals surface area contributed by atoms with Gasteiger partial charge in [0, 0.05) is 16.6 Å². The first kappa shape index (κ1) is 19.9. The van der Waals surface area contributed by atoms with Crippen molar-refractivity contribution in [2.75, 3.05) is 39.0 Å². The third-order valence-electron chi connectivity index (χ3n) is 3.84. The Morgan fingerprint density at radius 1 is 1.20 bits per heavy atom. The average Bonchev–Trinajstić information content (AvgIpc) is 2.53. The number of halogens is 2. The Kier molecular flexibility index (Phi) is 7.02. The number of ketones is 1. The van der Waals surface area contributed by atoms with E-state index in [9.17, 15) is 9.90 Å². The third kappa shape index (κ3) is 6.44. The molecule has 0 aromatic heterocycles. The number of nitrogens with zero attached hydrogens (tertiary/aromatic N) is 1. The van der Waals surface area contributed by atoms with Crippen LogP contribution in [0, 0.1) is 0 Å². The van der Waals surface area contributed by atoms with Crippen LogP contribution in [0.2, 0.25) is 5.02 Å². The second kappa shape index (κ2) is 8.81. The molecular weight excluding hydrogens is 404 g/mol. The Morgan fingerprint density at radius 3 is 2.48 bits per heavy atom. The lowest BCUT2D eigenvalue weighted by Gasteiger charge is -2.31. The van der Waals surface area contributed by atoms with Crippen LogP contribution >= 0.6 is 27.5 Å². The summed E-state index contributed by atoms with van der Waals surface area (Å²) >= 11 is 9.46. The Hall–Kier alpha value is -1.40. The van der Waals surface area contributed by atoms with Crippen LogP contribution in [-0.2, 0) is 0 Å². The van der Waals surface area contributed by atoms with Gasteiger partial charge in [-0.25, -0.2) is 0 Å². The Labute approximate surface area is 162 Å². The van der Waals surface area contributed by atoms with E-state index in [0.29, 0.717) is 34.7 Å². The van der Waals surface area contributed by atoms with Crippen LogP contribution in [0.4, 0.5) is 5.69 Å². The summed E-state index contributed by atoms with van der Waals surface area (Å²) in [5, 5.41) is 14.1. The van der Waals surface area contributed by atoms with Gasteiger partial charge in [-0.15, -0.1) is 0 Å². The van der Waals surface area contributed by atoms with E-state index in [1.54, 1.807) is 6.07 Å². The maximum Gasteiger partial charge on any atom is 0.216 e. The lowest BCUT2D eigenvalue weighted by molar-refractivity contribution is -0.884. The minimum atomic E-state index is -0.594. The fraction of sp³-hybridized carbons (Fsp3) is 0.316. The van der Waals surface area contributed by atoms with Crippen molar-refractivity contribution >= 4 is 39.0 Å². The molecule has 0 aliphatic carbocycles. The van der Waals surface area contributed by atoms with Crippen LogP contribution in [-0.4, -0.2) is 55.2 Å². The summed E-state index contributed by atoms with van der Waals surface area (Å²) < 4.78 is 1.35. The highest BCUT2D eigenvalue weighted by molar-refractivity contribution is 9.10. The highest BCUT2D eigenvalue weighted by Crippen LogP contribution is 2.20. The third-order valence-corrected chi connectivity index (χ3v) is 4.70. The van der Waals surface area contributed by atoms with Gasteiger partial charge in [-0.1, -0.05) is 51.8 Å². The molecule has 25 heavy (non-hydrogen) atoms. The van der Waals surface area contributed by atoms with E-state index in [0.717, 1.165) is 10.2 Å². The summed E-state index contributed by atoms with van der Waals surface area (Å²) in [6.45, 7) is 1.16. The van der Waals surface area contributed by atoms with Crippen molar-refractivity contribution in [1.82, 2.24) is 0 Å². The van der Waals surface area contributed by atoms with Crippen molar-refractivity contribution in [3.05, 3.63) is 63.6 Å². The lowest BCUT2D eigenvalue weighted by Crippen LogP contribution is -2.49. The fourth-order valence-electron chi connectivity index (χ4n) is 2.65. The summed E-state index contributed by atoms with van der Waals surface area (Å²) in [6.07, 6.45) is -0.594. The number of aliphatic hydroxyl groups excluding tert-OH is 1. The number of carbonyl (C=O) groups excluding carboxylic acids is 1. The van der Waals surface area contributed by atoms with Gasteiger partial charge < -0.3 is 14.9 Å². The number of hydrogen-bond acceptors (Lipinski definition) is 3. The number of carbonyl (C=O) groups is 1. The second-order valence-electron chi connectivity index (χ2n) is 6.72. The molecule has 0 spiro atoms. The predicted molar refractivity (Wildman–Crippen MR) is 106 cm³/mol. The summed E-state index contributed by atoms with van der Waals surface area (Å²) in [5.41, 5.74) is 1.47. The molecule has 0 unspecified atom stereocenters. The van der Waals surface area contributed by atoms with Crippen LogP contribution in [0.25, 0.3) is 0 Å². The Bertz CT molecular complexity index is 720. The highest BCUT2D eigenvalue weighted by Gasteiger charge is 2.24. The number of aliphatic hydroxyl groups is 1. The SMILES string of the molecule is C[N+](C)(CC(=O)c1ccc(Br)cc1)C[C@@H](O)CNc1ccccc1Cl. The molecule has 0 fully saturated rings. The molecule has 2 aromatic carbocycles. The van der Waals surface area contributed by atoms with E-state index in [1.807, 2.05) is 56.6 Å².